The summed E-state index contributed by atoms with van der Waals surface area (Å²) in [6.07, 6.45) is -1.23. The number of benzene rings is 3. The lowest BCUT2D eigenvalue weighted by molar-refractivity contribution is -0.147. The molecule has 0 heterocycles. The molecule has 2 atom stereocenters. The van der Waals surface area contributed by atoms with E-state index < -0.39 is 18.1 Å². The molecule has 0 aromatic heterocycles. The minimum Gasteiger partial charge on any atom is -0.485 e. The molecule has 6 nitrogen and oxygen atoms in total. The fraction of sp³-hybridized carbons (Fsp3) is 0.240. The van der Waals surface area contributed by atoms with Crippen molar-refractivity contribution in [1.29, 1.82) is 0 Å². The van der Waals surface area contributed by atoms with Gasteiger partial charge in [0.1, 0.15) is 25.4 Å². The Bertz CT molecular complexity index is 969. The summed E-state index contributed by atoms with van der Waals surface area (Å²) < 4.78 is 16.9. The van der Waals surface area contributed by atoms with Gasteiger partial charge in [-0.1, -0.05) is 66.7 Å². The summed E-state index contributed by atoms with van der Waals surface area (Å²) in [5.74, 6) is 0.319. The molecule has 0 bridgehead atoms. The summed E-state index contributed by atoms with van der Waals surface area (Å²) >= 11 is 0. The predicted octanol–water partition coefficient (Wildman–Crippen LogP) is 4.19. The first-order chi connectivity index (χ1) is 15.1. The van der Waals surface area contributed by atoms with Crippen molar-refractivity contribution in [2.24, 2.45) is 5.73 Å². The lowest BCUT2D eigenvalue weighted by atomic mass is 10.0. The van der Waals surface area contributed by atoms with Crippen molar-refractivity contribution >= 4 is 18.4 Å². The maximum Gasteiger partial charge on any atom is 0.325 e. The summed E-state index contributed by atoms with van der Waals surface area (Å²) in [5, 5.41) is 10.6. The molecule has 0 aliphatic carbocycles. The number of halogens is 1. The molecule has 0 unspecified atom stereocenters. The van der Waals surface area contributed by atoms with Crippen molar-refractivity contribution in [2.45, 2.75) is 32.3 Å². The van der Waals surface area contributed by atoms with Crippen molar-refractivity contribution < 1.29 is 24.1 Å². The Labute approximate surface area is 194 Å². The molecule has 0 spiro atoms. The van der Waals surface area contributed by atoms with Gasteiger partial charge in [-0.05, 0) is 35.7 Å². The van der Waals surface area contributed by atoms with Crippen LogP contribution in [0, 0.1) is 0 Å². The Hall–Kier alpha value is -3.06. The Morgan fingerprint density at radius 3 is 1.94 bits per heavy atom. The molecule has 170 valence electrons. The quantitative estimate of drug-likeness (QED) is 0.443. The number of esters is 1. The molecule has 0 saturated heterocycles. The average Bonchev–Trinajstić information content (AvgIpc) is 2.82. The molecule has 7 heteroatoms. The van der Waals surface area contributed by atoms with Gasteiger partial charge < -0.3 is 25.1 Å². The van der Waals surface area contributed by atoms with Crippen LogP contribution in [0.2, 0.25) is 0 Å². The third-order valence-electron chi connectivity index (χ3n) is 4.68. The minimum atomic E-state index is -1.23. The second-order valence-corrected chi connectivity index (χ2v) is 6.98. The number of rotatable bonds is 10. The van der Waals surface area contributed by atoms with E-state index >= 15 is 0 Å². The fourth-order valence-electron chi connectivity index (χ4n) is 2.99. The van der Waals surface area contributed by atoms with Crippen molar-refractivity contribution in [3.8, 4) is 11.5 Å². The molecule has 0 aliphatic heterocycles. The van der Waals surface area contributed by atoms with Gasteiger partial charge in [-0.25, -0.2) is 0 Å². The summed E-state index contributed by atoms with van der Waals surface area (Å²) in [4.78, 5) is 11.9. The molecule has 32 heavy (non-hydrogen) atoms. The topological polar surface area (TPSA) is 91.0 Å². The van der Waals surface area contributed by atoms with Gasteiger partial charge in [-0.2, -0.15) is 0 Å². The number of ether oxygens (including phenoxy) is 3. The highest BCUT2D eigenvalue weighted by Gasteiger charge is 2.26. The molecule has 0 saturated carbocycles. The fourth-order valence-corrected chi connectivity index (χ4v) is 2.99. The zero-order chi connectivity index (χ0) is 22.1. The summed E-state index contributed by atoms with van der Waals surface area (Å²) in [6.45, 7) is 2.57. The third kappa shape index (κ3) is 6.99. The maximum absolute atomic E-state index is 11.9. The first kappa shape index (κ1) is 25.2. The van der Waals surface area contributed by atoms with Crippen LogP contribution < -0.4 is 15.2 Å². The third-order valence-corrected chi connectivity index (χ3v) is 4.68. The van der Waals surface area contributed by atoms with Gasteiger partial charge in [0.25, 0.3) is 0 Å². The van der Waals surface area contributed by atoms with Crippen LogP contribution in [-0.2, 0) is 22.7 Å². The molecule has 3 aromatic rings. The molecule has 3 rings (SSSR count). The highest BCUT2D eigenvalue weighted by Crippen LogP contribution is 2.33. The maximum atomic E-state index is 11.9. The molecule has 0 radical (unpaired) electrons. The van der Waals surface area contributed by atoms with Crippen LogP contribution in [0.1, 0.15) is 29.7 Å². The Balaban J connectivity index is 0.00000363. The lowest BCUT2D eigenvalue weighted by Gasteiger charge is -2.20. The summed E-state index contributed by atoms with van der Waals surface area (Å²) in [5.41, 5.74) is 8.32. The average molecular weight is 458 g/mol. The number of nitrogens with two attached hydrogens (primary N) is 1. The summed E-state index contributed by atoms with van der Waals surface area (Å²) in [6, 6.07) is 23.3. The monoisotopic (exact) mass is 457 g/mol. The van der Waals surface area contributed by atoms with E-state index in [2.05, 4.69) is 0 Å². The van der Waals surface area contributed by atoms with Gasteiger partial charge in [0.15, 0.2) is 11.5 Å². The molecule has 3 aromatic carbocycles. The van der Waals surface area contributed by atoms with Gasteiger partial charge in [0.2, 0.25) is 0 Å². The van der Waals surface area contributed by atoms with Crippen molar-refractivity contribution in [2.75, 3.05) is 6.61 Å². The molecule has 0 amide bonds. The van der Waals surface area contributed by atoms with E-state index in [1.165, 1.54) is 0 Å². The van der Waals surface area contributed by atoms with Crippen LogP contribution >= 0.6 is 12.4 Å². The van der Waals surface area contributed by atoms with E-state index in [1.807, 2.05) is 60.7 Å². The van der Waals surface area contributed by atoms with E-state index in [9.17, 15) is 9.90 Å². The predicted molar refractivity (Wildman–Crippen MR) is 125 cm³/mol. The van der Waals surface area contributed by atoms with Crippen LogP contribution in [0.25, 0.3) is 0 Å². The van der Waals surface area contributed by atoms with Crippen LogP contribution in [0.5, 0.6) is 11.5 Å². The van der Waals surface area contributed by atoms with E-state index in [4.69, 9.17) is 19.9 Å². The second kappa shape index (κ2) is 12.7. The number of aliphatic hydroxyl groups excluding tert-OH is 1. The SMILES string of the molecule is CCOC(=O)[C@H](N)[C@@H](O)c1ccc(OCc2ccccc2)c(OCc2ccccc2)c1.Cl. The smallest absolute Gasteiger partial charge is 0.325 e. The zero-order valence-electron chi connectivity index (χ0n) is 17.8. The number of aliphatic hydroxyl groups is 1. The zero-order valence-corrected chi connectivity index (χ0v) is 18.7. The van der Waals surface area contributed by atoms with Crippen LogP contribution in [0.4, 0.5) is 0 Å². The van der Waals surface area contributed by atoms with E-state index in [-0.39, 0.29) is 19.0 Å². The first-order valence-corrected chi connectivity index (χ1v) is 10.2. The largest absolute Gasteiger partial charge is 0.485 e. The molecule has 3 N–H and O–H groups in total. The Kier molecular flexibility index (Phi) is 10.0. The van der Waals surface area contributed by atoms with Gasteiger partial charge >= 0.3 is 5.97 Å². The van der Waals surface area contributed by atoms with Crippen molar-refractivity contribution in [3.63, 3.8) is 0 Å². The first-order valence-electron chi connectivity index (χ1n) is 10.2. The highest BCUT2D eigenvalue weighted by atomic mass is 35.5. The van der Waals surface area contributed by atoms with Gasteiger partial charge in [-0.3, -0.25) is 4.79 Å². The molecular formula is C25H28ClNO5. The van der Waals surface area contributed by atoms with Gasteiger partial charge in [-0.15, -0.1) is 12.4 Å². The van der Waals surface area contributed by atoms with Crippen LogP contribution in [0.15, 0.2) is 78.9 Å². The number of hydrogen-bond donors (Lipinski definition) is 2. The van der Waals surface area contributed by atoms with E-state index in [0.29, 0.717) is 30.3 Å². The van der Waals surface area contributed by atoms with Gasteiger partial charge in [0, 0.05) is 0 Å². The van der Waals surface area contributed by atoms with Crippen molar-refractivity contribution in [3.05, 3.63) is 95.6 Å². The lowest BCUT2D eigenvalue weighted by Crippen LogP contribution is -2.38. The molecular weight excluding hydrogens is 430 g/mol. The summed E-state index contributed by atoms with van der Waals surface area (Å²) in [7, 11) is 0. The standard InChI is InChI=1S/C25H27NO5.ClH/c1-2-29-25(28)23(26)24(27)20-13-14-21(30-16-18-9-5-3-6-10-18)22(15-20)31-17-19-11-7-4-8-12-19;/h3-15,23-24,27H,2,16-17,26H2,1H3;1H/t23-,24+;/m1./s1. The molecule has 0 fully saturated rings. The Morgan fingerprint density at radius 2 is 1.41 bits per heavy atom. The van der Waals surface area contributed by atoms with Crippen LogP contribution in [-0.4, -0.2) is 23.7 Å². The number of carbonyl (C=O) groups excluding carboxylic acids is 1. The number of carbonyl (C=O) groups is 1. The minimum absolute atomic E-state index is 0. The second-order valence-electron chi connectivity index (χ2n) is 6.98. The van der Waals surface area contributed by atoms with Crippen molar-refractivity contribution in [1.82, 2.24) is 0 Å². The Morgan fingerprint density at radius 1 is 0.875 bits per heavy atom. The normalized spacial score (nSPS) is 12.2. The van der Waals surface area contributed by atoms with Crippen LogP contribution in [0.3, 0.4) is 0 Å². The number of hydrogen-bond acceptors (Lipinski definition) is 6. The van der Waals surface area contributed by atoms with E-state index in [1.54, 1.807) is 25.1 Å². The molecule has 0 aliphatic rings. The van der Waals surface area contributed by atoms with E-state index in [0.717, 1.165) is 11.1 Å². The van der Waals surface area contributed by atoms with Gasteiger partial charge in [0.05, 0.1) is 6.61 Å². The highest BCUT2D eigenvalue weighted by molar-refractivity contribution is 5.85.